The van der Waals surface area contributed by atoms with Crippen LogP contribution in [0.4, 0.5) is 5.69 Å². The maximum absolute atomic E-state index is 12.2. The molecule has 162 valence electrons. The van der Waals surface area contributed by atoms with Crippen molar-refractivity contribution in [2.45, 2.75) is 19.9 Å². The van der Waals surface area contributed by atoms with E-state index in [4.69, 9.17) is 21.1 Å². The predicted molar refractivity (Wildman–Crippen MR) is 125 cm³/mol. The first-order valence-electron chi connectivity index (χ1n) is 10.1. The minimum Gasteiger partial charge on any atom is -0.497 e. The maximum atomic E-state index is 12.2. The number of halogens is 1. The van der Waals surface area contributed by atoms with Gasteiger partial charge in [0.1, 0.15) is 11.5 Å². The summed E-state index contributed by atoms with van der Waals surface area (Å²) in [5.41, 5.74) is 4.02. The van der Waals surface area contributed by atoms with Gasteiger partial charge in [-0.15, -0.1) is 0 Å². The van der Waals surface area contributed by atoms with Gasteiger partial charge in [0, 0.05) is 22.8 Å². The van der Waals surface area contributed by atoms with Gasteiger partial charge in [-0.25, -0.2) is 0 Å². The van der Waals surface area contributed by atoms with Crippen molar-refractivity contribution in [3.8, 4) is 11.5 Å². The van der Waals surface area contributed by atoms with Crippen molar-refractivity contribution < 1.29 is 14.3 Å². The Morgan fingerprint density at radius 2 is 1.74 bits per heavy atom. The fourth-order valence-corrected chi connectivity index (χ4v) is 3.25. The molecule has 0 unspecified atom stereocenters. The summed E-state index contributed by atoms with van der Waals surface area (Å²) in [5.74, 6) is 1.28. The fourth-order valence-electron chi connectivity index (χ4n) is 3.05. The minimum atomic E-state index is -0.211. The summed E-state index contributed by atoms with van der Waals surface area (Å²) in [4.78, 5) is 12.2. The lowest BCUT2D eigenvalue weighted by atomic mass is 10.1. The summed E-state index contributed by atoms with van der Waals surface area (Å²) in [6, 6.07) is 21.1. The summed E-state index contributed by atoms with van der Waals surface area (Å²) >= 11 is 6.16. The van der Waals surface area contributed by atoms with E-state index in [9.17, 15) is 4.79 Å². The van der Waals surface area contributed by atoms with E-state index in [-0.39, 0.29) is 12.5 Å². The molecule has 0 aliphatic carbocycles. The summed E-state index contributed by atoms with van der Waals surface area (Å²) in [6.07, 6.45) is 0.889. The molecule has 0 saturated carbocycles. The molecule has 0 aromatic heterocycles. The Morgan fingerprint density at radius 1 is 1.00 bits per heavy atom. The zero-order valence-corrected chi connectivity index (χ0v) is 18.5. The molecule has 3 rings (SSSR count). The van der Waals surface area contributed by atoms with Gasteiger partial charge in [0.2, 0.25) is 0 Å². The number of ether oxygens (including phenoxy) is 2. The van der Waals surface area contributed by atoms with Crippen LogP contribution in [-0.4, -0.2) is 26.2 Å². The van der Waals surface area contributed by atoms with Crippen molar-refractivity contribution in [1.82, 2.24) is 5.32 Å². The van der Waals surface area contributed by atoms with Crippen LogP contribution in [0.3, 0.4) is 0 Å². The van der Waals surface area contributed by atoms with Crippen LogP contribution in [0.2, 0.25) is 5.02 Å². The molecule has 0 radical (unpaired) electrons. The Kier molecular flexibility index (Phi) is 8.33. The normalized spacial score (nSPS) is 10.5. The molecule has 0 bridgehead atoms. The van der Waals surface area contributed by atoms with Crippen LogP contribution in [0.25, 0.3) is 0 Å². The lowest BCUT2D eigenvalue weighted by molar-refractivity contribution is -0.118. The van der Waals surface area contributed by atoms with Crippen LogP contribution in [0.5, 0.6) is 11.5 Å². The molecule has 5 nitrogen and oxygen atoms in total. The van der Waals surface area contributed by atoms with E-state index in [1.807, 2.05) is 49.4 Å². The summed E-state index contributed by atoms with van der Waals surface area (Å²) in [7, 11) is 1.66. The van der Waals surface area contributed by atoms with Crippen LogP contribution in [0.1, 0.15) is 16.7 Å². The van der Waals surface area contributed by atoms with E-state index in [1.54, 1.807) is 19.2 Å². The van der Waals surface area contributed by atoms with Gasteiger partial charge in [0.15, 0.2) is 6.61 Å². The largest absolute Gasteiger partial charge is 0.497 e. The first-order chi connectivity index (χ1) is 15.0. The van der Waals surface area contributed by atoms with E-state index < -0.39 is 0 Å². The van der Waals surface area contributed by atoms with Crippen LogP contribution in [0.15, 0.2) is 66.7 Å². The maximum Gasteiger partial charge on any atom is 0.262 e. The number of methoxy groups -OCH3 is 1. The second-order valence-electron chi connectivity index (χ2n) is 7.23. The number of benzene rings is 3. The molecule has 2 N–H and O–H groups in total. The van der Waals surface area contributed by atoms with E-state index in [0.29, 0.717) is 17.3 Å². The Morgan fingerprint density at radius 3 is 2.45 bits per heavy atom. The van der Waals surface area contributed by atoms with Gasteiger partial charge >= 0.3 is 0 Å². The number of aryl methyl sites for hydroxylation is 1. The summed E-state index contributed by atoms with van der Waals surface area (Å²) in [6.45, 7) is 3.31. The van der Waals surface area contributed by atoms with Gasteiger partial charge in [0.05, 0.1) is 7.11 Å². The topological polar surface area (TPSA) is 59.6 Å². The monoisotopic (exact) mass is 438 g/mol. The molecule has 0 aliphatic rings. The zero-order chi connectivity index (χ0) is 22.1. The lowest BCUT2D eigenvalue weighted by Crippen LogP contribution is -2.21. The van der Waals surface area contributed by atoms with Crippen molar-refractivity contribution in [2.24, 2.45) is 0 Å². The highest BCUT2D eigenvalue weighted by Crippen LogP contribution is 2.23. The lowest BCUT2D eigenvalue weighted by Gasteiger charge is -2.13. The molecule has 6 heteroatoms. The number of anilines is 1. The quantitative estimate of drug-likeness (QED) is 0.437. The van der Waals surface area contributed by atoms with Crippen LogP contribution in [0, 0.1) is 6.92 Å². The van der Waals surface area contributed by atoms with Crippen LogP contribution >= 0.6 is 11.6 Å². The van der Waals surface area contributed by atoms with Crippen LogP contribution < -0.4 is 20.1 Å². The first-order valence-corrected chi connectivity index (χ1v) is 10.5. The molecule has 0 spiro atoms. The smallest absolute Gasteiger partial charge is 0.262 e. The van der Waals surface area contributed by atoms with Gasteiger partial charge < -0.3 is 20.1 Å². The molecule has 0 heterocycles. The first kappa shape index (κ1) is 22.7. The number of rotatable bonds is 10. The van der Waals surface area contributed by atoms with Gasteiger partial charge in [-0.2, -0.15) is 0 Å². The van der Waals surface area contributed by atoms with E-state index in [0.717, 1.165) is 35.5 Å². The van der Waals surface area contributed by atoms with Gasteiger partial charge in [0.25, 0.3) is 5.91 Å². The molecule has 1 amide bonds. The number of hydrogen-bond donors (Lipinski definition) is 2. The Labute approximate surface area is 188 Å². The molecule has 3 aromatic rings. The molecule has 0 atom stereocenters. The highest BCUT2D eigenvalue weighted by atomic mass is 35.5. The van der Waals surface area contributed by atoms with Crippen molar-refractivity contribution in [2.75, 3.05) is 25.6 Å². The molecule has 0 saturated heterocycles. The molecular weight excluding hydrogens is 412 g/mol. The van der Waals surface area contributed by atoms with Crippen LogP contribution in [-0.2, 0) is 17.8 Å². The van der Waals surface area contributed by atoms with Gasteiger partial charge in [-0.3, -0.25) is 4.79 Å². The molecular formula is C25H27ClN2O3. The Balaban J connectivity index is 1.49. The second-order valence-corrected chi connectivity index (χ2v) is 7.67. The number of nitrogens with one attached hydrogen (secondary N) is 2. The molecule has 0 fully saturated rings. The average Bonchev–Trinajstić information content (AvgIpc) is 2.78. The van der Waals surface area contributed by atoms with E-state index in [1.165, 1.54) is 5.56 Å². The Hall–Kier alpha value is -3.02. The highest BCUT2D eigenvalue weighted by molar-refractivity contribution is 6.30. The number of hydrogen-bond acceptors (Lipinski definition) is 4. The second kappa shape index (κ2) is 11.4. The average molecular weight is 439 g/mol. The minimum absolute atomic E-state index is 0.0750. The molecule has 0 aliphatic heterocycles. The van der Waals surface area contributed by atoms with Crippen molar-refractivity contribution in [3.63, 3.8) is 0 Å². The van der Waals surface area contributed by atoms with E-state index in [2.05, 4.69) is 22.8 Å². The third-order valence-electron chi connectivity index (χ3n) is 4.78. The fraction of sp³-hybridized carbons (Fsp3) is 0.240. The number of amides is 1. The molecule has 3 aromatic carbocycles. The zero-order valence-electron chi connectivity index (χ0n) is 17.8. The van der Waals surface area contributed by atoms with Crippen molar-refractivity contribution in [1.29, 1.82) is 0 Å². The summed E-state index contributed by atoms with van der Waals surface area (Å²) < 4.78 is 11.0. The van der Waals surface area contributed by atoms with Gasteiger partial charge in [-0.1, -0.05) is 41.4 Å². The van der Waals surface area contributed by atoms with Gasteiger partial charge in [-0.05, 0) is 67.9 Å². The molecule has 31 heavy (non-hydrogen) atoms. The third-order valence-corrected chi connectivity index (χ3v) is 5.02. The van der Waals surface area contributed by atoms with Crippen molar-refractivity contribution in [3.05, 3.63) is 88.4 Å². The van der Waals surface area contributed by atoms with E-state index >= 15 is 0 Å². The summed E-state index contributed by atoms with van der Waals surface area (Å²) in [5, 5.41) is 6.87. The standard InChI is InChI=1S/C25H27ClN2O3/c1-18-3-8-22(9-4-18)28-25(29)17-31-24-12-7-21(26)15-20(24)16-27-14-13-19-5-10-23(30-2)11-6-19/h3-12,15,27H,13-14,16-17H2,1-2H3,(H,28,29). The number of carbonyl (C=O) groups excluding carboxylic acids is 1. The number of carbonyl (C=O) groups is 1. The third kappa shape index (κ3) is 7.31. The van der Waals surface area contributed by atoms with Crippen molar-refractivity contribution >= 4 is 23.2 Å². The Bertz CT molecular complexity index is 989. The predicted octanol–water partition coefficient (Wildman–Crippen LogP) is 5.01. The highest BCUT2D eigenvalue weighted by Gasteiger charge is 2.09. The SMILES string of the molecule is COc1ccc(CCNCc2cc(Cl)ccc2OCC(=O)Nc2ccc(C)cc2)cc1.